The molecule has 0 aliphatic heterocycles. The monoisotopic (exact) mass is 370 g/mol. The van der Waals surface area contributed by atoms with Gasteiger partial charge in [0.05, 0.1) is 12.2 Å². The summed E-state index contributed by atoms with van der Waals surface area (Å²) in [7, 11) is 0. The third kappa shape index (κ3) is 6.58. The van der Waals surface area contributed by atoms with E-state index in [4.69, 9.17) is 0 Å². The highest BCUT2D eigenvalue weighted by atomic mass is 79.9. The molecule has 0 bridgehead atoms. The first-order valence-electron chi connectivity index (χ1n) is 7.50. The van der Waals surface area contributed by atoms with E-state index < -0.39 is 0 Å². The Bertz CT molecular complexity index is 532. The number of benzene rings is 1. The Balaban J connectivity index is 2.56. The Kier molecular flexibility index (Phi) is 7.55. The molecular weight excluding hydrogens is 346 g/mol. The standard InChI is InChI=1S/C16H24BrN3O2/c1-5-20(9-15(21)18-11(2)3)10-16(22)19-14-7-6-12(4)8-13(14)17/h6-8,11H,5,9-10H2,1-4H3,(H,18,21)(H,19,22)/p+1. The van der Waals surface area contributed by atoms with E-state index in [0.29, 0.717) is 13.1 Å². The summed E-state index contributed by atoms with van der Waals surface area (Å²) in [6.07, 6.45) is 0. The Morgan fingerprint density at radius 3 is 2.41 bits per heavy atom. The lowest BCUT2D eigenvalue weighted by Gasteiger charge is -2.18. The van der Waals surface area contributed by atoms with Gasteiger partial charge in [0.25, 0.3) is 11.8 Å². The van der Waals surface area contributed by atoms with Gasteiger partial charge in [0, 0.05) is 10.5 Å². The van der Waals surface area contributed by atoms with Crippen molar-refractivity contribution in [2.45, 2.75) is 33.7 Å². The molecule has 0 saturated carbocycles. The first-order chi connectivity index (χ1) is 10.3. The highest BCUT2D eigenvalue weighted by Gasteiger charge is 2.17. The van der Waals surface area contributed by atoms with Crippen LogP contribution in [0.25, 0.3) is 0 Å². The first-order valence-corrected chi connectivity index (χ1v) is 8.30. The fourth-order valence-corrected chi connectivity index (χ4v) is 2.65. The molecule has 0 radical (unpaired) electrons. The van der Waals surface area contributed by atoms with E-state index in [1.807, 2.05) is 45.9 Å². The molecule has 122 valence electrons. The van der Waals surface area contributed by atoms with Crippen LogP contribution in [-0.2, 0) is 9.59 Å². The highest BCUT2D eigenvalue weighted by molar-refractivity contribution is 9.10. The summed E-state index contributed by atoms with van der Waals surface area (Å²) in [5, 5.41) is 5.72. The van der Waals surface area contributed by atoms with Crippen LogP contribution < -0.4 is 15.5 Å². The minimum Gasteiger partial charge on any atom is -0.349 e. The molecule has 0 aromatic heterocycles. The van der Waals surface area contributed by atoms with Gasteiger partial charge in [-0.25, -0.2) is 0 Å². The number of aryl methyl sites for hydroxylation is 1. The zero-order valence-corrected chi connectivity index (χ0v) is 15.2. The van der Waals surface area contributed by atoms with Gasteiger partial charge in [-0.15, -0.1) is 0 Å². The zero-order chi connectivity index (χ0) is 16.7. The van der Waals surface area contributed by atoms with Crippen molar-refractivity contribution in [3.63, 3.8) is 0 Å². The Morgan fingerprint density at radius 1 is 1.23 bits per heavy atom. The SMILES string of the molecule is CC[NH+](CC(=O)Nc1ccc(C)cc1Br)CC(=O)NC(C)C. The lowest BCUT2D eigenvalue weighted by atomic mass is 10.2. The van der Waals surface area contributed by atoms with Crippen LogP contribution in [-0.4, -0.2) is 37.5 Å². The molecule has 0 spiro atoms. The van der Waals surface area contributed by atoms with E-state index in [2.05, 4.69) is 26.6 Å². The smallest absolute Gasteiger partial charge is 0.279 e. The number of amides is 2. The summed E-state index contributed by atoms with van der Waals surface area (Å²) < 4.78 is 0.858. The highest BCUT2D eigenvalue weighted by Crippen LogP contribution is 2.22. The van der Waals surface area contributed by atoms with Crippen molar-refractivity contribution in [1.82, 2.24) is 5.32 Å². The third-order valence-electron chi connectivity index (χ3n) is 3.17. The van der Waals surface area contributed by atoms with Gasteiger partial charge in [-0.2, -0.15) is 0 Å². The van der Waals surface area contributed by atoms with Crippen LogP contribution in [0.15, 0.2) is 22.7 Å². The van der Waals surface area contributed by atoms with Crippen LogP contribution in [0.1, 0.15) is 26.3 Å². The largest absolute Gasteiger partial charge is 0.349 e. The molecule has 0 heterocycles. The predicted molar refractivity (Wildman–Crippen MR) is 92.0 cm³/mol. The van der Waals surface area contributed by atoms with Gasteiger partial charge >= 0.3 is 0 Å². The number of hydrogen-bond acceptors (Lipinski definition) is 2. The van der Waals surface area contributed by atoms with Crippen molar-refractivity contribution in [3.05, 3.63) is 28.2 Å². The summed E-state index contributed by atoms with van der Waals surface area (Å²) >= 11 is 3.44. The Labute approximate surface area is 140 Å². The van der Waals surface area contributed by atoms with Crippen LogP contribution in [0.2, 0.25) is 0 Å². The second kappa shape index (κ2) is 8.90. The average molecular weight is 371 g/mol. The molecule has 0 saturated heterocycles. The summed E-state index contributed by atoms with van der Waals surface area (Å²) in [4.78, 5) is 24.9. The maximum atomic E-state index is 12.1. The minimum absolute atomic E-state index is 0.0313. The predicted octanol–water partition coefficient (Wildman–Crippen LogP) is 1.13. The number of likely N-dealkylation sites (N-methyl/N-ethyl adjacent to an activating group) is 1. The number of hydrogen-bond donors (Lipinski definition) is 3. The molecule has 1 unspecified atom stereocenters. The molecule has 22 heavy (non-hydrogen) atoms. The van der Waals surface area contributed by atoms with Gasteiger partial charge in [-0.1, -0.05) is 6.07 Å². The molecule has 1 aromatic carbocycles. The molecule has 2 amide bonds. The van der Waals surface area contributed by atoms with Crippen LogP contribution in [0.5, 0.6) is 0 Å². The molecule has 5 nitrogen and oxygen atoms in total. The van der Waals surface area contributed by atoms with Gasteiger partial charge in [-0.05, 0) is 61.3 Å². The quantitative estimate of drug-likeness (QED) is 0.673. The van der Waals surface area contributed by atoms with E-state index in [1.54, 1.807) is 0 Å². The van der Waals surface area contributed by atoms with Crippen molar-refractivity contribution in [2.75, 3.05) is 25.0 Å². The molecule has 0 fully saturated rings. The van der Waals surface area contributed by atoms with E-state index in [0.717, 1.165) is 20.6 Å². The van der Waals surface area contributed by atoms with E-state index in [9.17, 15) is 9.59 Å². The van der Waals surface area contributed by atoms with Crippen molar-refractivity contribution < 1.29 is 14.5 Å². The fourth-order valence-electron chi connectivity index (χ4n) is 2.06. The molecule has 1 atom stereocenters. The van der Waals surface area contributed by atoms with E-state index in [1.165, 1.54) is 0 Å². The molecule has 1 aromatic rings. The number of anilines is 1. The maximum Gasteiger partial charge on any atom is 0.279 e. The van der Waals surface area contributed by atoms with Crippen LogP contribution in [0.3, 0.4) is 0 Å². The topological polar surface area (TPSA) is 62.6 Å². The van der Waals surface area contributed by atoms with Crippen LogP contribution in [0.4, 0.5) is 5.69 Å². The minimum atomic E-state index is -0.0984. The summed E-state index contributed by atoms with van der Waals surface area (Å²) in [5.74, 6) is -0.130. The normalized spacial score (nSPS) is 12.1. The average Bonchev–Trinajstić information content (AvgIpc) is 2.40. The number of nitrogens with one attached hydrogen (secondary N) is 3. The Hall–Kier alpha value is -1.40. The third-order valence-corrected chi connectivity index (χ3v) is 3.83. The van der Waals surface area contributed by atoms with Crippen molar-refractivity contribution in [1.29, 1.82) is 0 Å². The second-order valence-electron chi connectivity index (χ2n) is 5.71. The molecule has 0 aliphatic rings. The van der Waals surface area contributed by atoms with Gasteiger partial charge in [0.2, 0.25) is 0 Å². The zero-order valence-electron chi connectivity index (χ0n) is 13.6. The van der Waals surface area contributed by atoms with E-state index in [-0.39, 0.29) is 24.4 Å². The molecule has 6 heteroatoms. The Morgan fingerprint density at radius 2 is 1.86 bits per heavy atom. The van der Waals surface area contributed by atoms with Crippen molar-refractivity contribution in [3.8, 4) is 0 Å². The lowest BCUT2D eigenvalue weighted by Crippen LogP contribution is -3.14. The van der Waals surface area contributed by atoms with Crippen LogP contribution >= 0.6 is 15.9 Å². The second-order valence-corrected chi connectivity index (χ2v) is 6.57. The van der Waals surface area contributed by atoms with Gasteiger partial charge in [0.1, 0.15) is 0 Å². The van der Waals surface area contributed by atoms with Gasteiger partial charge < -0.3 is 15.5 Å². The summed E-state index contributed by atoms with van der Waals surface area (Å²) in [6.45, 7) is 9.09. The molecule has 3 N–H and O–H groups in total. The lowest BCUT2D eigenvalue weighted by molar-refractivity contribution is -0.881. The van der Waals surface area contributed by atoms with E-state index >= 15 is 0 Å². The summed E-state index contributed by atoms with van der Waals surface area (Å²) in [5.41, 5.74) is 1.87. The number of carbonyl (C=O) groups is 2. The molecule has 0 aliphatic carbocycles. The number of quaternary nitrogens is 1. The summed E-state index contributed by atoms with van der Waals surface area (Å²) in [6, 6.07) is 5.88. The molecular formula is C16H25BrN3O2+. The van der Waals surface area contributed by atoms with Crippen molar-refractivity contribution >= 4 is 33.4 Å². The maximum absolute atomic E-state index is 12.1. The fraction of sp³-hybridized carbons (Fsp3) is 0.500. The van der Waals surface area contributed by atoms with Gasteiger partial charge in [0.15, 0.2) is 13.1 Å². The van der Waals surface area contributed by atoms with Crippen molar-refractivity contribution in [2.24, 2.45) is 0 Å². The number of rotatable bonds is 7. The molecule has 1 rings (SSSR count). The van der Waals surface area contributed by atoms with Crippen LogP contribution in [0, 0.1) is 6.92 Å². The number of carbonyl (C=O) groups excluding carboxylic acids is 2. The first kappa shape index (κ1) is 18.6. The number of halogens is 1. The van der Waals surface area contributed by atoms with Gasteiger partial charge in [-0.3, -0.25) is 9.59 Å².